The molecule has 1 aromatic rings. The lowest BCUT2D eigenvalue weighted by molar-refractivity contribution is -0.144. The molecule has 0 atom stereocenters. The molecule has 5 nitrogen and oxygen atoms in total. The first-order valence-electron chi connectivity index (χ1n) is 6.49. The molecule has 5 heteroatoms. The zero-order valence-electron chi connectivity index (χ0n) is 12.1. The van der Waals surface area contributed by atoms with E-state index in [9.17, 15) is 9.59 Å². The Morgan fingerprint density at radius 1 is 1.10 bits per heavy atom. The van der Waals surface area contributed by atoms with Crippen LogP contribution in [-0.2, 0) is 20.7 Å². The van der Waals surface area contributed by atoms with Crippen molar-refractivity contribution in [3.05, 3.63) is 23.8 Å². The first-order valence-corrected chi connectivity index (χ1v) is 6.49. The summed E-state index contributed by atoms with van der Waals surface area (Å²) in [5.74, 6) is 0.914. The lowest BCUT2D eigenvalue weighted by Crippen LogP contribution is -2.10. The van der Waals surface area contributed by atoms with Crippen molar-refractivity contribution in [2.75, 3.05) is 20.8 Å². The van der Waals surface area contributed by atoms with E-state index in [0.29, 0.717) is 18.1 Å². The molecular weight excluding hydrogens is 260 g/mol. The third-order valence-electron chi connectivity index (χ3n) is 2.79. The van der Waals surface area contributed by atoms with E-state index in [1.165, 1.54) is 0 Å². The Labute approximate surface area is 118 Å². The van der Waals surface area contributed by atoms with E-state index in [4.69, 9.17) is 14.2 Å². The molecule has 0 aliphatic rings. The zero-order chi connectivity index (χ0) is 15.0. The van der Waals surface area contributed by atoms with Crippen LogP contribution in [0.25, 0.3) is 0 Å². The topological polar surface area (TPSA) is 61.8 Å². The van der Waals surface area contributed by atoms with Gasteiger partial charge in [0.25, 0.3) is 0 Å². The minimum atomic E-state index is -0.349. The lowest BCUT2D eigenvalue weighted by atomic mass is 10.0. The molecule has 0 saturated heterocycles. The highest BCUT2D eigenvalue weighted by Crippen LogP contribution is 2.24. The van der Waals surface area contributed by atoms with Crippen LogP contribution in [0.3, 0.4) is 0 Å². The highest BCUT2D eigenvalue weighted by Gasteiger charge is 2.12. The van der Waals surface area contributed by atoms with Gasteiger partial charge in [0, 0.05) is 18.4 Å². The molecule has 0 aromatic heterocycles. The van der Waals surface area contributed by atoms with Crippen molar-refractivity contribution in [2.45, 2.75) is 26.2 Å². The monoisotopic (exact) mass is 280 g/mol. The molecule has 0 N–H and O–H groups in total. The van der Waals surface area contributed by atoms with E-state index in [-0.39, 0.29) is 31.0 Å². The summed E-state index contributed by atoms with van der Waals surface area (Å²) in [6.07, 6.45) is 0.484. The van der Waals surface area contributed by atoms with Crippen molar-refractivity contribution in [3.63, 3.8) is 0 Å². The number of ketones is 1. The number of carbonyl (C=O) groups is 2. The number of Topliss-reactive ketones (excluding diaryl/α,β-unsaturated/α-hetero) is 1. The smallest absolute Gasteiger partial charge is 0.306 e. The SMILES string of the molecule is CCOC(=O)CCC(=O)Cc1cc(OC)ccc1OC. The van der Waals surface area contributed by atoms with Crippen LogP contribution >= 0.6 is 0 Å². The predicted molar refractivity (Wildman–Crippen MR) is 74.1 cm³/mol. The molecule has 0 radical (unpaired) electrons. The van der Waals surface area contributed by atoms with Crippen LogP contribution in [0.2, 0.25) is 0 Å². The molecule has 0 amide bonds. The molecule has 20 heavy (non-hydrogen) atoms. The van der Waals surface area contributed by atoms with Gasteiger partial charge in [-0.05, 0) is 25.1 Å². The fraction of sp³-hybridized carbons (Fsp3) is 0.467. The number of esters is 1. The van der Waals surface area contributed by atoms with E-state index in [0.717, 1.165) is 5.56 Å². The van der Waals surface area contributed by atoms with Gasteiger partial charge in [0.1, 0.15) is 17.3 Å². The van der Waals surface area contributed by atoms with Crippen LogP contribution in [0.4, 0.5) is 0 Å². The van der Waals surface area contributed by atoms with Gasteiger partial charge in [-0.3, -0.25) is 9.59 Å². The van der Waals surface area contributed by atoms with Crippen molar-refractivity contribution in [1.82, 2.24) is 0 Å². The Morgan fingerprint density at radius 2 is 1.85 bits per heavy atom. The summed E-state index contributed by atoms with van der Waals surface area (Å²) in [5.41, 5.74) is 0.751. The lowest BCUT2D eigenvalue weighted by Gasteiger charge is -2.10. The average Bonchev–Trinajstić information content (AvgIpc) is 2.45. The molecule has 0 fully saturated rings. The molecule has 110 valence electrons. The number of ether oxygens (including phenoxy) is 3. The molecule has 0 aliphatic carbocycles. The minimum Gasteiger partial charge on any atom is -0.497 e. The van der Waals surface area contributed by atoms with Crippen molar-refractivity contribution in [1.29, 1.82) is 0 Å². The predicted octanol–water partition coefficient (Wildman–Crippen LogP) is 2.16. The van der Waals surface area contributed by atoms with Gasteiger partial charge in [-0.2, -0.15) is 0 Å². The maximum Gasteiger partial charge on any atom is 0.306 e. The van der Waals surface area contributed by atoms with Gasteiger partial charge in [-0.25, -0.2) is 0 Å². The van der Waals surface area contributed by atoms with Gasteiger partial charge in [-0.15, -0.1) is 0 Å². The van der Waals surface area contributed by atoms with Gasteiger partial charge in [0.2, 0.25) is 0 Å². The normalized spacial score (nSPS) is 9.95. The Kier molecular flexibility index (Phi) is 6.56. The third-order valence-corrected chi connectivity index (χ3v) is 2.79. The summed E-state index contributed by atoms with van der Waals surface area (Å²) >= 11 is 0. The highest BCUT2D eigenvalue weighted by molar-refractivity contribution is 5.85. The quantitative estimate of drug-likeness (QED) is 0.683. The van der Waals surface area contributed by atoms with Crippen molar-refractivity contribution < 1.29 is 23.8 Å². The maximum absolute atomic E-state index is 11.9. The largest absolute Gasteiger partial charge is 0.497 e. The maximum atomic E-state index is 11.9. The van der Waals surface area contributed by atoms with Crippen LogP contribution in [-0.4, -0.2) is 32.6 Å². The molecule has 0 aliphatic heterocycles. The Balaban J connectivity index is 2.62. The second-order valence-corrected chi connectivity index (χ2v) is 4.20. The molecular formula is C15H20O5. The van der Waals surface area contributed by atoms with E-state index in [1.54, 1.807) is 39.3 Å². The number of hydrogen-bond acceptors (Lipinski definition) is 5. The van der Waals surface area contributed by atoms with Crippen LogP contribution in [0, 0.1) is 0 Å². The van der Waals surface area contributed by atoms with Crippen molar-refractivity contribution >= 4 is 11.8 Å². The fourth-order valence-electron chi connectivity index (χ4n) is 1.80. The van der Waals surface area contributed by atoms with Crippen molar-refractivity contribution in [3.8, 4) is 11.5 Å². The van der Waals surface area contributed by atoms with Crippen LogP contribution in [0.1, 0.15) is 25.3 Å². The first-order chi connectivity index (χ1) is 9.60. The minimum absolute atomic E-state index is 0.0374. The van der Waals surface area contributed by atoms with Crippen LogP contribution in [0.15, 0.2) is 18.2 Å². The summed E-state index contributed by atoms with van der Waals surface area (Å²) in [5, 5.41) is 0. The van der Waals surface area contributed by atoms with Gasteiger partial charge < -0.3 is 14.2 Å². The van der Waals surface area contributed by atoms with E-state index in [2.05, 4.69) is 0 Å². The zero-order valence-corrected chi connectivity index (χ0v) is 12.1. The van der Waals surface area contributed by atoms with Crippen LogP contribution in [0.5, 0.6) is 11.5 Å². The number of carbonyl (C=O) groups excluding carboxylic acids is 2. The Hall–Kier alpha value is -2.04. The number of benzene rings is 1. The molecule has 1 aromatic carbocycles. The third kappa shape index (κ3) is 4.91. The second kappa shape index (κ2) is 8.19. The molecule has 0 unspecified atom stereocenters. The van der Waals surface area contributed by atoms with Crippen LogP contribution < -0.4 is 9.47 Å². The van der Waals surface area contributed by atoms with Gasteiger partial charge in [0.05, 0.1) is 27.2 Å². The molecule has 0 heterocycles. The summed E-state index contributed by atoms with van der Waals surface area (Å²) < 4.78 is 15.1. The molecule has 0 saturated carbocycles. The summed E-state index contributed by atoms with van der Waals surface area (Å²) in [6.45, 7) is 2.07. The average molecular weight is 280 g/mol. The van der Waals surface area contributed by atoms with Gasteiger partial charge >= 0.3 is 5.97 Å². The van der Waals surface area contributed by atoms with E-state index >= 15 is 0 Å². The highest BCUT2D eigenvalue weighted by atomic mass is 16.5. The number of hydrogen-bond donors (Lipinski definition) is 0. The molecule has 1 rings (SSSR count). The van der Waals surface area contributed by atoms with E-state index < -0.39 is 0 Å². The molecule has 0 spiro atoms. The van der Waals surface area contributed by atoms with Gasteiger partial charge in [0.15, 0.2) is 0 Å². The Bertz CT molecular complexity index is 467. The van der Waals surface area contributed by atoms with Crippen molar-refractivity contribution in [2.24, 2.45) is 0 Å². The number of rotatable bonds is 8. The summed E-state index contributed by atoms with van der Waals surface area (Å²) in [7, 11) is 3.11. The Morgan fingerprint density at radius 3 is 2.45 bits per heavy atom. The van der Waals surface area contributed by atoms with E-state index in [1.807, 2.05) is 0 Å². The first kappa shape index (κ1) is 16.0. The fourth-order valence-corrected chi connectivity index (χ4v) is 1.80. The van der Waals surface area contributed by atoms with Gasteiger partial charge in [-0.1, -0.05) is 0 Å². The summed E-state index contributed by atoms with van der Waals surface area (Å²) in [6, 6.07) is 5.29. The standard InChI is InChI=1S/C15H20O5/c1-4-20-15(17)8-5-12(16)9-11-10-13(18-2)6-7-14(11)19-3/h6-7,10H,4-5,8-9H2,1-3H3. The molecule has 0 bridgehead atoms. The second-order valence-electron chi connectivity index (χ2n) is 4.20. The number of methoxy groups -OCH3 is 2. The summed E-state index contributed by atoms with van der Waals surface area (Å²) in [4.78, 5) is 23.1.